The lowest BCUT2D eigenvalue weighted by atomic mass is 10.0. The highest BCUT2D eigenvalue weighted by molar-refractivity contribution is 5.84. The lowest BCUT2D eigenvalue weighted by Gasteiger charge is -2.16. The van der Waals surface area contributed by atoms with Crippen LogP contribution in [-0.2, 0) is 25.5 Å². The van der Waals surface area contributed by atoms with Crippen LogP contribution in [0.2, 0.25) is 0 Å². The maximum absolute atomic E-state index is 12.2. The van der Waals surface area contributed by atoms with E-state index in [1.165, 1.54) is 26.4 Å². The highest BCUT2D eigenvalue weighted by atomic mass is 16.5. The van der Waals surface area contributed by atoms with Gasteiger partial charge >= 0.3 is 5.97 Å². The van der Waals surface area contributed by atoms with Crippen LogP contribution in [-0.4, -0.2) is 31.3 Å². The number of benzene rings is 1. The van der Waals surface area contributed by atoms with Crippen LogP contribution in [0.15, 0.2) is 30.3 Å². The summed E-state index contributed by atoms with van der Waals surface area (Å²) in [6.07, 6.45) is 11.1. The second-order valence-electron chi connectivity index (χ2n) is 6.87. The Morgan fingerprint density at radius 1 is 0.963 bits per heavy atom. The molecule has 0 aliphatic heterocycles. The molecule has 1 aromatic carbocycles. The lowest BCUT2D eigenvalue weighted by Crippen LogP contribution is -2.43. The topological polar surface area (TPSA) is 72.5 Å². The van der Waals surface area contributed by atoms with E-state index in [1.807, 2.05) is 30.3 Å². The van der Waals surface area contributed by atoms with Gasteiger partial charge in [0.25, 0.3) is 0 Å². The highest BCUT2D eigenvalue weighted by Gasteiger charge is 2.21. The van der Waals surface area contributed by atoms with E-state index in [9.17, 15) is 14.4 Å². The van der Waals surface area contributed by atoms with Crippen molar-refractivity contribution < 1.29 is 19.1 Å². The molecule has 1 aromatic rings. The first-order valence-corrected chi connectivity index (χ1v) is 10.0. The van der Waals surface area contributed by atoms with Crippen molar-refractivity contribution >= 4 is 18.2 Å². The molecule has 0 aliphatic rings. The van der Waals surface area contributed by atoms with Crippen LogP contribution in [0.4, 0.5) is 0 Å². The van der Waals surface area contributed by atoms with E-state index in [1.54, 1.807) is 0 Å². The van der Waals surface area contributed by atoms with Gasteiger partial charge in [0.1, 0.15) is 12.3 Å². The van der Waals surface area contributed by atoms with E-state index < -0.39 is 12.0 Å². The van der Waals surface area contributed by atoms with Crippen LogP contribution in [0.25, 0.3) is 0 Å². The van der Waals surface area contributed by atoms with Gasteiger partial charge in [-0.3, -0.25) is 4.79 Å². The van der Waals surface area contributed by atoms with Gasteiger partial charge in [-0.15, -0.1) is 0 Å². The van der Waals surface area contributed by atoms with E-state index in [2.05, 4.69) is 5.32 Å². The Balaban J connectivity index is 2.18. The molecule has 1 N–H and O–H groups in total. The number of esters is 1. The molecule has 1 atom stereocenters. The highest BCUT2D eigenvalue weighted by Crippen LogP contribution is 2.11. The molecule has 150 valence electrons. The Labute approximate surface area is 162 Å². The summed E-state index contributed by atoms with van der Waals surface area (Å²) >= 11 is 0. The number of carbonyl (C=O) groups excluding carboxylic acids is 3. The van der Waals surface area contributed by atoms with Gasteiger partial charge in [-0.05, 0) is 18.4 Å². The maximum Gasteiger partial charge on any atom is 0.328 e. The molecule has 0 aromatic heterocycles. The van der Waals surface area contributed by atoms with E-state index in [4.69, 9.17) is 4.74 Å². The third-order valence-corrected chi connectivity index (χ3v) is 4.58. The Bertz CT molecular complexity index is 545. The molecule has 5 nitrogen and oxygen atoms in total. The third kappa shape index (κ3) is 11.2. The van der Waals surface area contributed by atoms with E-state index in [0.29, 0.717) is 19.3 Å². The van der Waals surface area contributed by atoms with Gasteiger partial charge in [-0.25, -0.2) is 4.79 Å². The average Bonchev–Trinajstić information content (AvgIpc) is 2.69. The minimum absolute atomic E-state index is 0.102. The molecule has 1 rings (SSSR count). The minimum atomic E-state index is -0.642. The Morgan fingerprint density at radius 3 is 2.15 bits per heavy atom. The number of methoxy groups -OCH3 is 1. The number of hydrogen-bond donors (Lipinski definition) is 1. The number of unbranched alkanes of at least 4 members (excludes halogenated alkanes) is 8. The van der Waals surface area contributed by atoms with Crippen molar-refractivity contribution in [2.75, 3.05) is 7.11 Å². The fraction of sp³-hybridized carbons (Fsp3) is 0.591. The van der Waals surface area contributed by atoms with Crippen molar-refractivity contribution in [3.63, 3.8) is 0 Å². The lowest BCUT2D eigenvalue weighted by molar-refractivity contribution is -0.145. The summed E-state index contributed by atoms with van der Waals surface area (Å²) in [6, 6.07) is 8.96. The van der Waals surface area contributed by atoms with Gasteiger partial charge in [0, 0.05) is 19.3 Å². The van der Waals surface area contributed by atoms with Gasteiger partial charge < -0.3 is 14.8 Å². The van der Waals surface area contributed by atoms with Crippen molar-refractivity contribution in [3.05, 3.63) is 35.9 Å². The van der Waals surface area contributed by atoms with Gasteiger partial charge in [0.2, 0.25) is 5.91 Å². The number of nitrogens with one attached hydrogen (secondary N) is 1. The molecule has 0 spiro atoms. The van der Waals surface area contributed by atoms with Crippen molar-refractivity contribution in [2.45, 2.75) is 76.7 Å². The number of rotatable bonds is 15. The monoisotopic (exact) mass is 375 g/mol. The second-order valence-corrected chi connectivity index (χ2v) is 6.87. The Hall–Kier alpha value is -2.17. The third-order valence-electron chi connectivity index (χ3n) is 4.58. The predicted molar refractivity (Wildman–Crippen MR) is 106 cm³/mol. The summed E-state index contributed by atoms with van der Waals surface area (Å²) in [5.74, 6) is -0.517. The zero-order chi connectivity index (χ0) is 19.7. The zero-order valence-electron chi connectivity index (χ0n) is 16.5. The predicted octanol–water partition coefficient (Wildman–Crippen LogP) is 3.99. The standard InChI is InChI=1S/C22H33NO4/c1-27-22(26)20(18-19-14-10-9-11-15-19)23-21(25)16-12-7-5-3-2-4-6-8-13-17-24/h9-11,14-15,17,20H,2-8,12-13,16,18H2,1H3,(H,23,25)/t20-/m0/s1. The van der Waals surface area contributed by atoms with Gasteiger partial charge in [0.05, 0.1) is 7.11 Å². The summed E-state index contributed by atoms with van der Waals surface area (Å²) in [7, 11) is 1.34. The van der Waals surface area contributed by atoms with Crippen LogP contribution in [0.1, 0.15) is 69.8 Å². The van der Waals surface area contributed by atoms with Crippen LogP contribution < -0.4 is 5.32 Å². The number of hydrogen-bond acceptors (Lipinski definition) is 4. The molecule has 27 heavy (non-hydrogen) atoms. The number of aldehydes is 1. The van der Waals surface area contributed by atoms with Crippen LogP contribution >= 0.6 is 0 Å². The molecule has 0 heterocycles. The minimum Gasteiger partial charge on any atom is -0.467 e. The quantitative estimate of drug-likeness (QED) is 0.286. The second kappa shape index (κ2) is 14.9. The largest absolute Gasteiger partial charge is 0.467 e. The van der Waals surface area contributed by atoms with Crippen LogP contribution in [0, 0.1) is 0 Å². The first-order chi connectivity index (χ1) is 13.2. The molecule has 0 unspecified atom stereocenters. The van der Waals surface area contributed by atoms with Gasteiger partial charge in [-0.2, -0.15) is 0 Å². The molecule has 0 bridgehead atoms. The number of amides is 1. The molecule has 0 radical (unpaired) electrons. The zero-order valence-corrected chi connectivity index (χ0v) is 16.5. The van der Waals surface area contributed by atoms with Crippen molar-refractivity contribution in [1.29, 1.82) is 0 Å². The summed E-state index contributed by atoms with van der Waals surface area (Å²) in [6.45, 7) is 0. The Kier molecular flexibility index (Phi) is 12.7. The summed E-state index contributed by atoms with van der Waals surface area (Å²) in [4.78, 5) is 34.3. The molecule has 0 aliphatic carbocycles. The molecule has 5 heteroatoms. The first-order valence-electron chi connectivity index (χ1n) is 10.0. The van der Waals surface area contributed by atoms with Crippen LogP contribution in [0.3, 0.4) is 0 Å². The summed E-state index contributed by atoms with van der Waals surface area (Å²) in [5.41, 5.74) is 0.987. The molecule has 0 saturated carbocycles. The van der Waals surface area contributed by atoms with Gasteiger partial charge in [-0.1, -0.05) is 68.9 Å². The normalized spacial score (nSPS) is 11.6. The first kappa shape index (κ1) is 22.9. The van der Waals surface area contributed by atoms with Gasteiger partial charge in [0.15, 0.2) is 0 Å². The molecule has 0 saturated heterocycles. The molecule has 0 fully saturated rings. The number of carbonyl (C=O) groups is 3. The SMILES string of the molecule is COC(=O)[C@H](Cc1ccccc1)NC(=O)CCCCCCCCCCC=O. The molecule has 1 amide bonds. The number of ether oxygens (including phenoxy) is 1. The Morgan fingerprint density at radius 2 is 1.56 bits per heavy atom. The van der Waals surface area contributed by atoms with Crippen LogP contribution in [0.5, 0.6) is 0 Å². The van der Waals surface area contributed by atoms with E-state index >= 15 is 0 Å². The summed E-state index contributed by atoms with van der Waals surface area (Å²) in [5, 5.41) is 2.80. The van der Waals surface area contributed by atoms with E-state index in [-0.39, 0.29) is 5.91 Å². The van der Waals surface area contributed by atoms with E-state index in [0.717, 1.165) is 44.0 Å². The maximum atomic E-state index is 12.2. The van der Waals surface area contributed by atoms with Crippen molar-refractivity contribution in [1.82, 2.24) is 5.32 Å². The van der Waals surface area contributed by atoms with Crippen molar-refractivity contribution in [2.24, 2.45) is 0 Å². The smallest absolute Gasteiger partial charge is 0.328 e. The fourth-order valence-electron chi connectivity index (χ4n) is 3.03. The molecular formula is C22H33NO4. The van der Waals surface area contributed by atoms with Crippen molar-refractivity contribution in [3.8, 4) is 0 Å². The molecular weight excluding hydrogens is 342 g/mol. The average molecular weight is 376 g/mol. The summed E-state index contributed by atoms with van der Waals surface area (Å²) < 4.78 is 4.82. The fourth-order valence-corrected chi connectivity index (χ4v) is 3.03.